The number of nitrogens with zero attached hydrogens (tertiary/aromatic N) is 1. The third-order valence-corrected chi connectivity index (χ3v) is 4.24. The van der Waals surface area contributed by atoms with Gasteiger partial charge in [0.25, 0.3) is 0 Å². The molecule has 2 amide bonds. The third-order valence-electron chi connectivity index (χ3n) is 4.24. The summed E-state index contributed by atoms with van der Waals surface area (Å²) in [7, 11) is 3.96. The van der Waals surface area contributed by atoms with Gasteiger partial charge in [0.2, 0.25) is 0 Å². The van der Waals surface area contributed by atoms with Crippen LogP contribution in [0.25, 0.3) is 0 Å². The summed E-state index contributed by atoms with van der Waals surface area (Å²) < 4.78 is 0. The van der Waals surface area contributed by atoms with E-state index >= 15 is 0 Å². The predicted molar refractivity (Wildman–Crippen MR) is 98.5 cm³/mol. The third kappa shape index (κ3) is 5.71. The Morgan fingerprint density at radius 3 is 2.57 bits per heavy atom. The van der Waals surface area contributed by atoms with Crippen LogP contribution in [0, 0.1) is 5.41 Å². The normalized spacial score (nSPS) is 20.9. The van der Waals surface area contributed by atoms with Crippen molar-refractivity contribution >= 4 is 6.03 Å². The molecule has 0 aromatic rings. The summed E-state index contributed by atoms with van der Waals surface area (Å²) in [5.74, 6) is 0. The molecular weight excluding hydrogens is 286 g/mol. The largest absolute Gasteiger partial charge is 0.337 e. The summed E-state index contributed by atoms with van der Waals surface area (Å²) in [6.45, 7) is 13.7. The van der Waals surface area contributed by atoms with Crippen molar-refractivity contribution in [3.8, 4) is 0 Å². The van der Waals surface area contributed by atoms with Crippen LogP contribution in [0.5, 0.6) is 0 Å². The Bertz CT molecular complexity index is 541. The minimum absolute atomic E-state index is 0.150. The molecule has 1 atom stereocenters. The number of amides is 2. The Morgan fingerprint density at radius 2 is 2.00 bits per heavy atom. The van der Waals surface area contributed by atoms with Gasteiger partial charge in [0.05, 0.1) is 5.54 Å². The maximum absolute atomic E-state index is 12.1. The molecule has 2 N–H and O–H groups in total. The second-order valence-electron chi connectivity index (χ2n) is 7.19. The average Bonchev–Trinajstić information content (AvgIpc) is 2.61. The molecule has 4 heteroatoms. The maximum Gasteiger partial charge on any atom is 0.315 e. The Hall–Kier alpha value is -1.81. The Labute approximate surface area is 141 Å². The summed E-state index contributed by atoms with van der Waals surface area (Å²) in [6.07, 6.45) is 10.4. The van der Waals surface area contributed by atoms with Gasteiger partial charge in [0, 0.05) is 18.5 Å². The van der Waals surface area contributed by atoms with Crippen LogP contribution in [-0.2, 0) is 0 Å². The number of allylic oxidation sites excluding steroid dienone is 5. The topological polar surface area (TPSA) is 44.4 Å². The van der Waals surface area contributed by atoms with Crippen LogP contribution in [0.2, 0.25) is 0 Å². The van der Waals surface area contributed by atoms with E-state index in [0.717, 1.165) is 17.7 Å². The lowest BCUT2D eigenvalue weighted by molar-refractivity contribution is 0.232. The second-order valence-corrected chi connectivity index (χ2v) is 7.19. The molecule has 1 rings (SSSR count). The average molecular weight is 317 g/mol. The number of rotatable bonds is 6. The Balaban J connectivity index is 2.73. The van der Waals surface area contributed by atoms with Crippen molar-refractivity contribution in [3.05, 3.63) is 48.1 Å². The van der Waals surface area contributed by atoms with E-state index in [4.69, 9.17) is 0 Å². The van der Waals surface area contributed by atoms with Crippen LogP contribution in [-0.4, -0.2) is 43.7 Å². The first-order valence-corrected chi connectivity index (χ1v) is 8.03. The van der Waals surface area contributed by atoms with Gasteiger partial charge in [-0.3, -0.25) is 0 Å². The van der Waals surface area contributed by atoms with Gasteiger partial charge in [-0.25, -0.2) is 4.79 Å². The first-order valence-electron chi connectivity index (χ1n) is 8.03. The van der Waals surface area contributed by atoms with Gasteiger partial charge < -0.3 is 15.5 Å². The first-order chi connectivity index (χ1) is 10.6. The molecule has 4 nitrogen and oxygen atoms in total. The highest BCUT2D eigenvalue weighted by Gasteiger charge is 2.26. The SMILES string of the molecule is C=C(C)C1(C)C=CC=C(C(C)(C)NC(=O)NCCN(C)C)C=C1. The van der Waals surface area contributed by atoms with E-state index in [0.29, 0.717) is 6.54 Å². The van der Waals surface area contributed by atoms with Gasteiger partial charge in [-0.05, 0) is 47.4 Å². The van der Waals surface area contributed by atoms with Gasteiger partial charge >= 0.3 is 6.03 Å². The summed E-state index contributed by atoms with van der Waals surface area (Å²) >= 11 is 0. The quantitative estimate of drug-likeness (QED) is 0.739. The van der Waals surface area contributed by atoms with E-state index in [-0.39, 0.29) is 11.4 Å². The van der Waals surface area contributed by atoms with Crippen molar-refractivity contribution in [2.75, 3.05) is 27.2 Å². The van der Waals surface area contributed by atoms with Gasteiger partial charge in [-0.2, -0.15) is 0 Å². The van der Waals surface area contributed by atoms with Crippen LogP contribution in [0.3, 0.4) is 0 Å². The molecule has 1 aliphatic rings. The van der Waals surface area contributed by atoms with E-state index in [9.17, 15) is 4.79 Å². The van der Waals surface area contributed by atoms with Gasteiger partial charge in [-0.1, -0.05) is 42.5 Å². The molecule has 23 heavy (non-hydrogen) atoms. The lowest BCUT2D eigenvalue weighted by atomic mass is 9.83. The standard InChI is InChI=1S/C19H31N3O/c1-15(2)19(5)11-8-9-16(10-12-19)18(3,4)21-17(23)20-13-14-22(6)7/h8-12H,1,13-14H2,2-7H3,(H2,20,21,23). The minimum Gasteiger partial charge on any atom is -0.337 e. The molecule has 0 aromatic carbocycles. The van der Waals surface area contributed by atoms with Crippen molar-refractivity contribution in [2.24, 2.45) is 5.41 Å². The predicted octanol–water partition coefficient (Wildman–Crippen LogP) is 3.26. The van der Waals surface area contributed by atoms with E-state index in [1.807, 2.05) is 51.9 Å². The van der Waals surface area contributed by atoms with Crippen molar-refractivity contribution in [1.82, 2.24) is 15.5 Å². The number of nitrogens with one attached hydrogen (secondary N) is 2. The van der Waals surface area contributed by atoms with Crippen LogP contribution in [0.1, 0.15) is 27.7 Å². The zero-order valence-corrected chi connectivity index (χ0v) is 15.4. The number of hydrogen-bond acceptors (Lipinski definition) is 2. The highest BCUT2D eigenvalue weighted by atomic mass is 16.2. The van der Waals surface area contributed by atoms with Crippen molar-refractivity contribution in [2.45, 2.75) is 33.2 Å². The molecule has 0 bridgehead atoms. The highest BCUT2D eigenvalue weighted by molar-refractivity contribution is 5.75. The van der Waals surface area contributed by atoms with Crippen molar-refractivity contribution < 1.29 is 4.79 Å². The van der Waals surface area contributed by atoms with Crippen molar-refractivity contribution in [1.29, 1.82) is 0 Å². The lowest BCUT2D eigenvalue weighted by Gasteiger charge is -2.28. The number of urea groups is 1. The molecular formula is C19H31N3O. The fourth-order valence-corrected chi connectivity index (χ4v) is 2.22. The number of carbonyl (C=O) groups excluding carboxylic acids is 1. The van der Waals surface area contributed by atoms with Crippen LogP contribution in [0.15, 0.2) is 48.1 Å². The Morgan fingerprint density at radius 1 is 1.35 bits per heavy atom. The highest BCUT2D eigenvalue weighted by Crippen LogP contribution is 2.32. The zero-order valence-electron chi connectivity index (χ0n) is 15.4. The fourth-order valence-electron chi connectivity index (χ4n) is 2.22. The summed E-state index contributed by atoms with van der Waals surface area (Å²) in [6, 6.07) is -0.151. The molecule has 0 spiro atoms. The molecule has 1 aliphatic carbocycles. The maximum atomic E-state index is 12.1. The zero-order chi connectivity index (χ0) is 17.7. The Kier molecular flexibility index (Phi) is 6.39. The van der Waals surface area contributed by atoms with Crippen LogP contribution in [0.4, 0.5) is 4.79 Å². The monoisotopic (exact) mass is 317 g/mol. The van der Waals surface area contributed by atoms with Crippen LogP contribution < -0.4 is 10.6 Å². The lowest BCUT2D eigenvalue weighted by Crippen LogP contribution is -2.50. The molecule has 0 saturated carbocycles. The number of hydrogen-bond donors (Lipinski definition) is 2. The molecule has 0 heterocycles. The van der Waals surface area contributed by atoms with E-state index in [1.54, 1.807) is 0 Å². The van der Waals surface area contributed by atoms with E-state index < -0.39 is 5.54 Å². The van der Waals surface area contributed by atoms with E-state index in [1.165, 1.54) is 0 Å². The van der Waals surface area contributed by atoms with Gasteiger partial charge in [-0.15, -0.1) is 0 Å². The van der Waals surface area contributed by atoms with Crippen molar-refractivity contribution in [3.63, 3.8) is 0 Å². The molecule has 1 unspecified atom stereocenters. The second kappa shape index (κ2) is 7.64. The van der Waals surface area contributed by atoms with Gasteiger partial charge in [0.15, 0.2) is 0 Å². The first kappa shape index (κ1) is 19.2. The number of likely N-dealkylation sites (N-methyl/N-ethyl adjacent to an activating group) is 1. The summed E-state index contributed by atoms with van der Waals surface area (Å²) in [5, 5.41) is 5.92. The van der Waals surface area contributed by atoms with Gasteiger partial charge in [0.1, 0.15) is 0 Å². The summed E-state index contributed by atoms with van der Waals surface area (Å²) in [4.78, 5) is 14.1. The molecule has 0 aliphatic heterocycles. The molecule has 0 radical (unpaired) electrons. The molecule has 0 aromatic heterocycles. The van der Waals surface area contributed by atoms with Crippen LogP contribution >= 0.6 is 0 Å². The van der Waals surface area contributed by atoms with E-state index in [2.05, 4.69) is 42.4 Å². The molecule has 0 saturated heterocycles. The minimum atomic E-state index is -0.455. The molecule has 0 fully saturated rings. The fraction of sp³-hybridized carbons (Fsp3) is 0.526. The molecule has 128 valence electrons. The number of carbonyl (C=O) groups is 1. The smallest absolute Gasteiger partial charge is 0.315 e. The summed E-state index contributed by atoms with van der Waals surface area (Å²) in [5.41, 5.74) is 1.54.